The molecule has 6 heteroatoms. The Balaban J connectivity index is 2.60. The van der Waals surface area contributed by atoms with Gasteiger partial charge >= 0.3 is 0 Å². The minimum Gasteiger partial charge on any atom is -0.396 e. The fourth-order valence-electron chi connectivity index (χ4n) is 1.39. The van der Waals surface area contributed by atoms with E-state index in [0.29, 0.717) is 18.2 Å². The van der Waals surface area contributed by atoms with E-state index in [2.05, 4.69) is 22.4 Å². The lowest BCUT2D eigenvalue weighted by atomic mass is 10.0. The molecule has 0 aromatic carbocycles. The van der Waals surface area contributed by atoms with E-state index in [0.717, 1.165) is 12.8 Å². The van der Waals surface area contributed by atoms with Crippen molar-refractivity contribution in [2.24, 2.45) is 5.92 Å². The van der Waals surface area contributed by atoms with Crippen LogP contribution in [0.5, 0.6) is 0 Å². The number of hydrogen-bond acceptors (Lipinski definition) is 4. The van der Waals surface area contributed by atoms with Crippen molar-refractivity contribution in [1.29, 1.82) is 0 Å². The summed E-state index contributed by atoms with van der Waals surface area (Å²) in [5.74, 6) is 0.361. The Hall–Kier alpha value is -1.07. The topological polar surface area (TPSA) is 78.0 Å². The van der Waals surface area contributed by atoms with Crippen molar-refractivity contribution in [3.8, 4) is 0 Å². The van der Waals surface area contributed by atoms with Crippen molar-refractivity contribution in [3.63, 3.8) is 0 Å². The highest BCUT2D eigenvalue weighted by Crippen LogP contribution is 2.16. The zero-order valence-electron chi connectivity index (χ0n) is 9.16. The number of nitrogens with one attached hydrogen (secondary N) is 2. The van der Waals surface area contributed by atoms with Crippen molar-refractivity contribution >= 4 is 17.3 Å². The normalized spacial score (nSPS) is 12.4. The van der Waals surface area contributed by atoms with Gasteiger partial charge in [-0.2, -0.15) is 5.10 Å². The number of halogens is 1. The third kappa shape index (κ3) is 3.50. The maximum atomic E-state index is 11.1. The van der Waals surface area contributed by atoms with Gasteiger partial charge in [-0.3, -0.25) is 4.79 Å². The first-order chi connectivity index (χ1) is 7.69. The van der Waals surface area contributed by atoms with Gasteiger partial charge in [0.05, 0.1) is 11.9 Å². The van der Waals surface area contributed by atoms with Crippen LogP contribution >= 0.6 is 11.6 Å². The number of aromatic amines is 1. The Morgan fingerprint density at radius 1 is 1.69 bits per heavy atom. The molecule has 90 valence electrons. The van der Waals surface area contributed by atoms with E-state index in [1.807, 2.05) is 0 Å². The lowest BCUT2D eigenvalue weighted by Gasteiger charge is -2.15. The highest BCUT2D eigenvalue weighted by Gasteiger charge is 2.08. The van der Waals surface area contributed by atoms with E-state index < -0.39 is 5.56 Å². The molecule has 1 unspecified atom stereocenters. The number of aromatic nitrogens is 2. The Morgan fingerprint density at radius 3 is 3.06 bits per heavy atom. The first kappa shape index (κ1) is 13.0. The van der Waals surface area contributed by atoms with E-state index in [1.165, 1.54) is 6.20 Å². The number of anilines is 1. The largest absolute Gasteiger partial charge is 0.396 e. The van der Waals surface area contributed by atoms with E-state index in [-0.39, 0.29) is 11.6 Å². The van der Waals surface area contributed by atoms with Gasteiger partial charge in [0.1, 0.15) is 5.02 Å². The number of nitrogens with zero attached hydrogens (tertiary/aromatic N) is 1. The fourth-order valence-corrected chi connectivity index (χ4v) is 1.55. The number of H-pyrrole nitrogens is 1. The third-order valence-electron chi connectivity index (χ3n) is 2.49. The van der Waals surface area contributed by atoms with Gasteiger partial charge in [-0.1, -0.05) is 24.9 Å². The second-order valence-corrected chi connectivity index (χ2v) is 3.97. The van der Waals surface area contributed by atoms with Crippen molar-refractivity contribution in [3.05, 3.63) is 21.6 Å². The van der Waals surface area contributed by atoms with Gasteiger partial charge in [0, 0.05) is 13.2 Å². The van der Waals surface area contributed by atoms with Gasteiger partial charge in [-0.15, -0.1) is 0 Å². The Morgan fingerprint density at radius 2 is 2.44 bits per heavy atom. The van der Waals surface area contributed by atoms with Gasteiger partial charge < -0.3 is 10.4 Å². The molecule has 0 amide bonds. The summed E-state index contributed by atoms with van der Waals surface area (Å²) in [6, 6.07) is 0. The summed E-state index contributed by atoms with van der Waals surface area (Å²) in [6.45, 7) is 2.89. The Bertz CT molecular complexity index is 381. The molecule has 0 fully saturated rings. The summed E-state index contributed by atoms with van der Waals surface area (Å²) in [5.41, 5.74) is 0.128. The highest BCUT2D eigenvalue weighted by atomic mass is 35.5. The van der Waals surface area contributed by atoms with Gasteiger partial charge in [-0.05, 0) is 12.3 Å². The van der Waals surface area contributed by atoms with Gasteiger partial charge in [0.2, 0.25) is 0 Å². The smallest absolute Gasteiger partial charge is 0.285 e. The molecule has 1 atom stereocenters. The summed E-state index contributed by atoms with van der Waals surface area (Å²) in [5, 5.41) is 17.9. The average molecular weight is 246 g/mol. The first-order valence-electron chi connectivity index (χ1n) is 5.27. The average Bonchev–Trinajstić information content (AvgIpc) is 2.29. The summed E-state index contributed by atoms with van der Waals surface area (Å²) in [6.07, 6.45) is 3.18. The molecule has 1 rings (SSSR count). The van der Waals surface area contributed by atoms with Crippen LogP contribution in [0.3, 0.4) is 0 Å². The second kappa shape index (κ2) is 6.50. The molecule has 0 bridgehead atoms. The molecule has 0 aliphatic rings. The van der Waals surface area contributed by atoms with Crippen LogP contribution in [0, 0.1) is 5.92 Å². The zero-order chi connectivity index (χ0) is 12.0. The van der Waals surface area contributed by atoms with Crippen LogP contribution in [-0.2, 0) is 0 Å². The Labute approximate surface area is 98.8 Å². The van der Waals surface area contributed by atoms with Crippen molar-refractivity contribution < 1.29 is 5.11 Å². The van der Waals surface area contributed by atoms with Gasteiger partial charge in [0.25, 0.3) is 5.56 Å². The van der Waals surface area contributed by atoms with E-state index in [4.69, 9.17) is 16.7 Å². The summed E-state index contributed by atoms with van der Waals surface area (Å²) < 4.78 is 0. The van der Waals surface area contributed by atoms with Crippen LogP contribution < -0.4 is 10.9 Å². The molecule has 0 radical (unpaired) electrons. The molecule has 3 N–H and O–H groups in total. The summed E-state index contributed by atoms with van der Waals surface area (Å²) in [7, 11) is 0. The summed E-state index contributed by atoms with van der Waals surface area (Å²) >= 11 is 5.80. The van der Waals surface area contributed by atoms with Crippen molar-refractivity contribution in [1.82, 2.24) is 10.2 Å². The van der Waals surface area contributed by atoms with Crippen LogP contribution in [0.2, 0.25) is 5.02 Å². The maximum absolute atomic E-state index is 11.1. The van der Waals surface area contributed by atoms with E-state index in [1.54, 1.807) is 0 Å². The monoisotopic (exact) mass is 245 g/mol. The molecule has 0 aliphatic heterocycles. The van der Waals surface area contributed by atoms with Crippen molar-refractivity contribution in [2.75, 3.05) is 18.5 Å². The predicted octanol–water partition coefficient (Wildman–Crippen LogP) is 1.24. The molecule has 16 heavy (non-hydrogen) atoms. The molecule has 1 heterocycles. The molecule has 1 aromatic heterocycles. The number of rotatable bonds is 6. The van der Waals surface area contributed by atoms with Crippen LogP contribution in [-0.4, -0.2) is 28.5 Å². The van der Waals surface area contributed by atoms with E-state index >= 15 is 0 Å². The standard InChI is InChI=1S/C10H16ClN3O2/c1-2-7(3-4-15)5-12-8-6-13-14-10(16)9(8)11/h6-7,15H,2-5H2,1H3,(H2,12,14,16). The molecular weight excluding hydrogens is 230 g/mol. The number of aliphatic hydroxyl groups excluding tert-OH is 1. The molecule has 0 saturated carbocycles. The zero-order valence-corrected chi connectivity index (χ0v) is 9.92. The highest BCUT2D eigenvalue weighted by molar-refractivity contribution is 6.32. The number of hydrogen-bond donors (Lipinski definition) is 3. The second-order valence-electron chi connectivity index (χ2n) is 3.59. The minimum atomic E-state index is -0.401. The van der Waals surface area contributed by atoms with Crippen LogP contribution in [0.4, 0.5) is 5.69 Å². The molecule has 0 spiro atoms. The van der Waals surface area contributed by atoms with Gasteiger partial charge in [-0.25, -0.2) is 5.10 Å². The lowest BCUT2D eigenvalue weighted by Crippen LogP contribution is -2.18. The molecule has 0 aliphatic carbocycles. The Kier molecular flexibility index (Phi) is 5.28. The third-order valence-corrected chi connectivity index (χ3v) is 2.87. The van der Waals surface area contributed by atoms with Crippen LogP contribution in [0.1, 0.15) is 19.8 Å². The molecule has 5 nitrogen and oxygen atoms in total. The minimum absolute atomic E-state index is 0.119. The number of aliphatic hydroxyl groups is 1. The summed E-state index contributed by atoms with van der Waals surface area (Å²) in [4.78, 5) is 11.1. The fraction of sp³-hybridized carbons (Fsp3) is 0.600. The maximum Gasteiger partial charge on any atom is 0.285 e. The van der Waals surface area contributed by atoms with Crippen molar-refractivity contribution in [2.45, 2.75) is 19.8 Å². The van der Waals surface area contributed by atoms with E-state index in [9.17, 15) is 4.79 Å². The SMILES string of the molecule is CCC(CCO)CNc1cn[nH]c(=O)c1Cl. The lowest BCUT2D eigenvalue weighted by molar-refractivity contribution is 0.258. The predicted molar refractivity (Wildman–Crippen MR) is 63.8 cm³/mol. The first-order valence-corrected chi connectivity index (χ1v) is 5.64. The molecule has 0 saturated heterocycles. The van der Waals surface area contributed by atoms with Gasteiger partial charge in [0.15, 0.2) is 0 Å². The molecule has 1 aromatic rings. The van der Waals surface area contributed by atoms with Crippen LogP contribution in [0.15, 0.2) is 11.0 Å². The van der Waals surface area contributed by atoms with Crippen LogP contribution in [0.25, 0.3) is 0 Å². The quantitative estimate of drug-likeness (QED) is 0.705. The molecular formula is C10H16ClN3O2.